The van der Waals surface area contributed by atoms with Crippen molar-refractivity contribution in [2.24, 2.45) is 0 Å². The minimum atomic E-state index is -3.56. The Morgan fingerprint density at radius 3 is 2.67 bits per heavy atom. The van der Waals surface area contributed by atoms with Crippen LogP contribution < -0.4 is 10.0 Å². The summed E-state index contributed by atoms with van der Waals surface area (Å²) in [4.78, 5) is 5.82. The number of anilines is 2. The van der Waals surface area contributed by atoms with Gasteiger partial charge in [-0.3, -0.25) is 4.72 Å². The average Bonchev–Trinajstić information content (AvgIpc) is 3.00. The fourth-order valence-electron chi connectivity index (χ4n) is 2.36. The second-order valence-electron chi connectivity index (χ2n) is 4.90. The minimum absolute atomic E-state index is 0.250. The second-order valence-corrected chi connectivity index (χ2v) is 7.67. The Bertz CT molecular complexity index is 715. The number of hydrogen-bond donors (Lipinski definition) is 2. The van der Waals surface area contributed by atoms with Crippen LogP contribution in [0.4, 0.5) is 10.8 Å². The Kier molecular flexibility index (Phi) is 3.86. The molecular formula is C14H17N3O2S2. The van der Waals surface area contributed by atoms with E-state index in [2.05, 4.69) is 15.0 Å². The Labute approximate surface area is 128 Å². The van der Waals surface area contributed by atoms with E-state index in [0.29, 0.717) is 5.13 Å². The third-order valence-corrected chi connectivity index (χ3v) is 5.92. The first-order valence-electron chi connectivity index (χ1n) is 6.94. The third kappa shape index (κ3) is 3.03. The summed E-state index contributed by atoms with van der Waals surface area (Å²) in [7, 11) is -3.56. The van der Waals surface area contributed by atoms with Crippen molar-refractivity contribution in [3.05, 3.63) is 34.8 Å². The molecule has 0 saturated carbocycles. The summed E-state index contributed by atoms with van der Waals surface area (Å²) in [6.45, 7) is 2.79. The molecule has 2 N–H and O–H groups in total. The Morgan fingerprint density at radius 2 is 2.00 bits per heavy atom. The number of aromatic nitrogens is 1. The van der Waals surface area contributed by atoms with E-state index in [-0.39, 0.29) is 4.90 Å². The SMILES string of the molecule is CCNc1ccc(S(=O)(=O)Nc2nc3c(s2)CCC3)cc1. The first-order valence-corrected chi connectivity index (χ1v) is 9.24. The molecule has 7 heteroatoms. The lowest BCUT2D eigenvalue weighted by Crippen LogP contribution is -2.13. The smallest absolute Gasteiger partial charge is 0.263 e. The van der Waals surface area contributed by atoms with Crippen molar-refractivity contribution in [2.75, 3.05) is 16.6 Å². The number of fused-ring (bicyclic) bond motifs is 1. The van der Waals surface area contributed by atoms with Crippen LogP contribution in [-0.2, 0) is 22.9 Å². The molecule has 0 spiro atoms. The summed E-state index contributed by atoms with van der Waals surface area (Å²) in [6, 6.07) is 6.73. The zero-order chi connectivity index (χ0) is 14.9. The van der Waals surface area contributed by atoms with Crippen LogP contribution in [0.15, 0.2) is 29.2 Å². The van der Waals surface area contributed by atoms with Crippen LogP contribution in [0.2, 0.25) is 0 Å². The highest BCUT2D eigenvalue weighted by Gasteiger charge is 2.20. The van der Waals surface area contributed by atoms with E-state index in [1.807, 2.05) is 6.92 Å². The van der Waals surface area contributed by atoms with E-state index < -0.39 is 10.0 Å². The molecule has 5 nitrogen and oxygen atoms in total. The van der Waals surface area contributed by atoms with Crippen LogP contribution in [-0.4, -0.2) is 19.9 Å². The molecule has 1 aliphatic rings. The van der Waals surface area contributed by atoms with Crippen molar-refractivity contribution in [1.82, 2.24) is 4.98 Å². The molecule has 21 heavy (non-hydrogen) atoms. The molecular weight excluding hydrogens is 306 g/mol. The van der Waals surface area contributed by atoms with Gasteiger partial charge in [-0.2, -0.15) is 0 Å². The Balaban J connectivity index is 1.79. The Hall–Kier alpha value is -1.60. The summed E-state index contributed by atoms with van der Waals surface area (Å²) in [6.07, 6.45) is 3.07. The predicted octanol–water partition coefficient (Wildman–Crippen LogP) is 2.86. The molecule has 1 aromatic heterocycles. The lowest BCUT2D eigenvalue weighted by Gasteiger charge is -2.07. The predicted molar refractivity (Wildman–Crippen MR) is 85.6 cm³/mol. The molecule has 3 rings (SSSR count). The third-order valence-electron chi connectivity index (χ3n) is 3.36. The van der Waals surface area contributed by atoms with Crippen LogP contribution in [0.3, 0.4) is 0 Å². The zero-order valence-electron chi connectivity index (χ0n) is 11.7. The first kappa shape index (κ1) is 14.3. The van der Waals surface area contributed by atoms with E-state index >= 15 is 0 Å². The number of thiazole rings is 1. The van der Waals surface area contributed by atoms with Gasteiger partial charge in [0.05, 0.1) is 10.6 Å². The maximum Gasteiger partial charge on any atom is 0.263 e. The van der Waals surface area contributed by atoms with E-state index in [1.54, 1.807) is 24.3 Å². The van der Waals surface area contributed by atoms with Gasteiger partial charge in [0.25, 0.3) is 10.0 Å². The van der Waals surface area contributed by atoms with Crippen molar-refractivity contribution in [1.29, 1.82) is 0 Å². The van der Waals surface area contributed by atoms with E-state index in [4.69, 9.17) is 0 Å². The van der Waals surface area contributed by atoms with Gasteiger partial charge in [0.1, 0.15) is 0 Å². The maximum absolute atomic E-state index is 12.3. The monoisotopic (exact) mass is 323 g/mol. The van der Waals surface area contributed by atoms with Crippen molar-refractivity contribution < 1.29 is 8.42 Å². The number of hydrogen-bond acceptors (Lipinski definition) is 5. The lowest BCUT2D eigenvalue weighted by molar-refractivity contribution is 0.601. The number of nitrogens with zero attached hydrogens (tertiary/aromatic N) is 1. The van der Waals surface area contributed by atoms with Crippen LogP contribution in [0.25, 0.3) is 0 Å². The zero-order valence-corrected chi connectivity index (χ0v) is 13.4. The molecule has 112 valence electrons. The summed E-state index contributed by atoms with van der Waals surface area (Å²) in [5.74, 6) is 0. The van der Waals surface area contributed by atoms with Crippen LogP contribution in [0, 0.1) is 0 Å². The van der Waals surface area contributed by atoms with Gasteiger partial charge in [0, 0.05) is 17.1 Å². The standard InChI is InChI=1S/C14H17N3O2S2/c1-2-15-10-6-8-11(9-7-10)21(18,19)17-14-16-12-4-3-5-13(12)20-14/h6-9,15H,2-5H2,1H3,(H,16,17). The molecule has 0 aliphatic heterocycles. The highest BCUT2D eigenvalue weighted by Crippen LogP contribution is 2.31. The topological polar surface area (TPSA) is 71.1 Å². The summed E-state index contributed by atoms with van der Waals surface area (Å²) >= 11 is 1.44. The molecule has 1 aromatic carbocycles. The van der Waals surface area contributed by atoms with Crippen molar-refractivity contribution in [3.63, 3.8) is 0 Å². The second kappa shape index (κ2) is 5.65. The normalized spacial score (nSPS) is 14.0. The van der Waals surface area contributed by atoms with Gasteiger partial charge in [-0.1, -0.05) is 0 Å². The molecule has 1 aliphatic carbocycles. The van der Waals surface area contributed by atoms with Gasteiger partial charge >= 0.3 is 0 Å². The van der Waals surface area contributed by atoms with Crippen molar-refractivity contribution >= 4 is 32.2 Å². The quantitative estimate of drug-likeness (QED) is 0.887. The summed E-state index contributed by atoms with van der Waals surface area (Å²) < 4.78 is 27.2. The fraction of sp³-hybridized carbons (Fsp3) is 0.357. The number of nitrogens with one attached hydrogen (secondary N) is 2. The minimum Gasteiger partial charge on any atom is -0.385 e. The molecule has 0 amide bonds. The molecule has 0 bridgehead atoms. The molecule has 1 heterocycles. The van der Waals surface area contributed by atoms with Gasteiger partial charge in [0.15, 0.2) is 5.13 Å². The van der Waals surface area contributed by atoms with Crippen molar-refractivity contribution in [2.45, 2.75) is 31.1 Å². The molecule has 0 atom stereocenters. The lowest BCUT2D eigenvalue weighted by atomic mass is 10.3. The maximum atomic E-state index is 12.3. The largest absolute Gasteiger partial charge is 0.385 e. The summed E-state index contributed by atoms with van der Waals surface area (Å²) in [5, 5.41) is 3.60. The van der Waals surface area contributed by atoms with E-state index in [9.17, 15) is 8.42 Å². The van der Waals surface area contributed by atoms with E-state index in [1.165, 1.54) is 16.2 Å². The number of sulfonamides is 1. The van der Waals surface area contributed by atoms with Gasteiger partial charge < -0.3 is 5.32 Å². The van der Waals surface area contributed by atoms with E-state index in [0.717, 1.165) is 37.2 Å². The molecule has 0 fully saturated rings. The number of aryl methyl sites for hydroxylation is 2. The number of benzene rings is 1. The van der Waals surface area contributed by atoms with Crippen molar-refractivity contribution in [3.8, 4) is 0 Å². The Morgan fingerprint density at radius 1 is 1.24 bits per heavy atom. The van der Waals surface area contributed by atoms with Crippen LogP contribution in [0.5, 0.6) is 0 Å². The van der Waals surface area contributed by atoms with Gasteiger partial charge in [-0.25, -0.2) is 13.4 Å². The van der Waals surface area contributed by atoms with Gasteiger partial charge in [0.2, 0.25) is 0 Å². The van der Waals surface area contributed by atoms with Gasteiger partial charge in [-0.15, -0.1) is 11.3 Å². The van der Waals surface area contributed by atoms with Crippen LogP contribution in [0.1, 0.15) is 23.9 Å². The average molecular weight is 323 g/mol. The summed E-state index contributed by atoms with van der Waals surface area (Å²) in [5.41, 5.74) is 1.95. The van der Waals surface area contributed by atoms with Crippen LogP contribution >= 0.6 is 11.3 Å². The first-order chi connectivity index (χ1) is 10.1. The molecule has 2 aromatic rings. The highest BCUT2D eigenvalue weighted by molar-refractivity contribution is 7.93. The molecule has 0 unspecified atom stereocenters. The number of rotatable bonds is 5. The molecule has 0 radical (unpaired) electrons. The highest BCUT2D eigenvalue weighted by atomic mass is 32.2. The molecule has 0 saturated heterocycles. The fourth-order valence-corrected chi connectivity index (χ4v) is 4.65. The van der Waals surface area contributed by atoms with Gasteiger partial charge in [-0.05, 0) is 50.5 Å².